The first-order valence-corrected chi connectivity index (χ1v) is 6.03. The number of urea groups is 1. The molecule has 1 fully saturated rings. The number of nitrogens with one attached hydrogen (secondary N) is 1. The van der Waals surface area contributed by atoms with E-state index < -0.39 is 5.97 Å². The van der Waals surface area contributed by atoms with Crippen molar-refractivity contribution in [2.45, 2.75) is 19.0 Å². The van der Waals surface area contributed by atoms with Crippen LogP contribution in [0.1, 0.15) is 22.5 Å². The zero-order valence-electron chi connectivity index (χ0n) is 10.4. The summed E-state index contributed by atoms with van der Waals surface area (Å²) in [6.45, 7) is 1.56. The largest absolute Gasteiger partial charge is 0.477 e. The van der Waals surface area contributed by atoms with E-state index in [9.17, 15) is 9.59 Å². The SMILES string of the molecule is NC1CCN(C(=O)NCc2ccc(C(=O)O)nc2)C1. The van der Waals surface area contributed by atoms with E-state index in [1.165, 1.54) is 12.3 Å². The molecular weight excluding hydrogens is 248 g/mol. The molecule has 19 heavy (non-hydrogen) atoms. The molecule has 4 N–H and O–H groups in total. The predicted molar refractivity (Wildman–Crippen MR) is 67.6 cm³/mol. The highest BCUT2D eigenvalue weighted by Crippen LogP contribution is 2.07. The molecule has 0 spiro atoms. The van der Waals surface area contributed by atoms with Crippen LogP contribution in [0, 0.1) is 0 Å². The van der Waals surface area contributed by atoms with E-state index >= 15 is 0 Å². The summed E-state index contributed by atoms with van der Waals surface area (Å²) < 4.78 is 0. The fourth-order valence-corrected chi connectivity index (χ4v) is 1.92. The van der Waals surface area contributed by atoms with Gasteiger partial charge in [-0.05, 0) is 18.1 Å². The average Bonchev–Trinajstić information content (AvgIpc) is 2.83. The summed E-state index contributed by atoms with van der Waals surface area (Å²) >= 11 is 0. The summed E-state index contributed by atoms with van der Waals surface area (Å²) in [5, 5.41) is 11.5. The first kappa shape index (κ1) is 13.3. The van der Waals surface area contributed by atoms with Crippen LogP contribution in [0.15, 0.2) is 18.3 Å². The maximum atomic E-state index is 11.8. The second-order valence-electron chi connectivity index (χ2n) is 4.51. The minimum Gasteiger partial charge on any atom is -0.477 e. The van der Waals surface area contributed by atoms with Gasteiger partial charge in [-0.15, -0.1) is 0 Å². The van der Waals surface area contributed by atoms with Crippen molar-refractivity contribution in [1.82, 2.24) is 15.2 Å². The number of aromatic nitrogens is 1. The van der Waals surface area contributed by atoms with Gasteiger partial charge in [0, 0.05) is 31.9 Å². The number of nitrogens with two attached hydrogens (primary N) is 1. The number of rotatable bonds is 3. The Labute approximate surface area is 110 Å². The third kappa shape index (κ3) is 3.41. The molecule has 1 aromatic heterocycles. The summed E-state index contributed by atoms with van der Waals surface area (Å²) in [4.78, 5) is 27.9. The molecule has 1 aromatic rings. The van der Waals surface area contributed by atoms with Gasteiger partial charge in [-0.3, -0.25) is 0 Å². The van der Waals surface area contributed by atoms with Crippen LogP contribution in [0.5, 0.6) is 0 Å². The first-order valence-electron chi connectivity index (χ1n) is 6.03. The van der Waals surface area contributed by atoms with E-state index in [1.807, 2.05) is 0 Å². The second kappa shape index (κ2) is 5.66. The molecule has 0 aromatic carbocycles. The van der Waals surface area contributed by atoms with Crippen LogP contribution in [0.4, 0.5) is 4.79 Å². The highest BCUT2D eigenvalue weighted by atomic mass is 16.4. The number of carboxylic acids is 1. The van der Waals surface area contributed by atoms with E-state index in [4.69, 9.17) is 10.8 Å². The molecule has 0 radical (unpaired) electrons. The molecule has 7 nitrogen and oxygen atoms in total. The minimum absolute atomic E-state index is 0.0133. The van der Waals surface area contributed by atoms with Crippen molar-refractivity contribution in [3.63, 3.8) is 0 Å². The van der Waals surface area contributed by atoms with Gasteiger partial charge in [-0.1, -0.05) is 6.07 Å². The molecule has 1 saturated heterocycles. The average molecular weight is 264 g/mol. The maximum Gasteiger partial charge on any atom is 0.354 e. The number of pyridine rings is 1. The Morgan fingerprint density at radius 1 is 1.53 bits per heavy atom. The normalized spacial score (nSPS) is 18.4. The Bertz CT molecular complexity index is 474. The number of nitrogens with zero attached hydrogens (tertiary/aromatic N) is 2. The van der Waals surface area contributed by atoms with Crippen molar-refractivity contribution in [3.8, 4) is 0 Å². The molecular formula is C12H16N4O3. The van der Waals surface area contributed by atoms with Gasteiger partial charge in [-0.2, -0.15) is 0 Å². The van der Waals surface area contributed by atoms with Gasteiger partial charge in [0.05, 0.1) is 0 Å². The standard InChI is InChI=1S/C12H16N4O3/c13-9-3-4-16(7-9)12(19)15-6-8-1-2-10(11(17)18)14-5-8/h1-2,5,9H,3-4,6-7,13H2,(H,15,19)(H,17,18). The van der Waals surface area contributed by atoms with Gasteiger partial charge >= 0.3 is 12.0 Å². The summed E-state index contributed by atoms with van der Waals surface area (Å²) in [5.74, 6) is -1.07. The second-order valence-corrected chi connectivity index (χ2v) is 4.51. The molecule has 1 aliphatic heterocycles. The van der Waals surface area contributed by atoms with Crippen molar-refractivity contribution in [1.29, 1.82) is 0 Å². The van der Waals surface area contributed by atoms with Gasteiger partial charge in [0.2, 0.25) is 0 Å². The Morgan fingerprint density at radius 3 is 2.84 bits per heavy atom. The van der Waals surface area contributed by atoms with Crippen LogP contribution >= 0.6 is 0 Å². The van der Waals surface area contributed by atoms with E-state index in [-0.39, 0.29) is 17.8 Å². The summed E-state index contributed by atoms with van der Waals surface area (Å²) in [7, 11) is 0. The third-order valence-electron chi connectivity index (χ3n) is 3.00. The number of hydrogen-bond donors (Lipinski definition) is 3. The Hall–Kier alpha value is -2.15. The monoisotopic (exact) mass is 264 g/mol. The van der Waals surface area contributed by atoms with Gasteiger partial charge in [0.1, 0.15) is 5.69 Å². The number of amides is 2. The number of hydrogen-bond acceptors (Lipinski definition) is 4. The Morgan fingerprint density at radius 2 is 2.32 bits per heavy atom. The lowest BCUT2D eigenvalue weighted by molar-refractivity contribution is 0.0690. The highest BCUT2D eigenvalue weighted by molar-refractivity contribution is 5.85. The molecule has 0 aliphatic carbocycles. The van der Waals surface area contributed by atoms with E-state index in [0.29, 0.717) is 19.6 Å². The van der Waals surface area contributed by atoms with Crippen molar-refractivity contribution < 1.29 is 14.7 Å². The molecule has 0 bridgehead atoms. The summed E-state index contributed by atoms with van der Waals surface area (Å²) in [6.07, 6.45) is 2.27. The summed E-state index contributed by atoms with van der Waals surface area (Å²) in [5.41, 5.74) is 6.47. The van der Waals surface area contributed by atoms with Crippen LogP contribution in [-0.4, -0.2) is 46.1 Å². The molecule has 2 rings (SSSR count). The van der Waals surface area contributed by atoms with Crippen molar-refractivity contribution >= 4 is 12.0 Å². The number of likely N-dealkylation sites (tertiary alicyclic amines) is 1. The molecule has 0 saturated carbocycles. The van der Waals surface area contributed by atoms with Gasteiger partial charge in [0.25, 0.3) is 0 Å². The zero-order chi connectivity index (χ0) is 13.8. The van der Waals surface area contributed by atoms with Crippen LogP contribution in [0.3, 0.4) is 0 Å². The quantitative estimate of drug-likeness (QED) is 0.713. The maximum absolute atomic E-state index is 11.8. The minimum atomic E-state index is -1.07. The highest BCUT2D eigenvalue weighted by Gasteiger charge is 2.23. The van der Waals surface area contributed by atoms with E-state index in [2.05, 4.69) is 10.3 Å². The number of aromatic carboxylic acids is 1. The van der Waals surface area contributed by atoms with Crippen molar-refractivity contribution in [3.05, 3.63) is 29.6 Å². The lowest BCUT2D eigenvalue weighted by Gasteiger charge is -2.16. The van der Waals surface area contributed by atoms with Crippen LogP contribution in [0.25, 0.3) is 0 Å². The van der Waals surface area contributed by atoms with E-state index in [1.54, 1.807) is 11.0 Å². The van der Waals surface area contributed by atoms with Crippen molar-refractivity contribution in [2.24, 2.45) is 5.73 Å². The predicted octanol–water partition coefficient (Wildman–Crippen LogP) is 0.0224. The fourth-order valence-electron chi connectivity index (χ4n) is 1.92. The summed E-state index contributed by atoms with van der Waals surface area (Å²) in [6, 6.07) is 2.94. The Balaban J connectivity index is 1.85. The van der Waals surface area contributed by atoms with Gasteiger partial charge in [-0.25, -0.2) is 14.6 Å². The molecule has 1 unspecified atom stereocenters. The Kier molecular flexibility index (Phi) is 3.96. The number of carbonyl (C=O) groups excluding carboxylic acids is 1. The number of carbonyl (C=O) groups is 2. The first-order chi connectivity index (χ1) is 9.06. The molecule has 2 heterocycles. The molecule has 102 valence electrons. The lowest BCUT2D eigenvalue weighted by atomic mass is 10.2. The van der Waals surface area contributed by atoms with E-state index in [0.717, 1.165) is 12.0 Å². The molecule has 2 amide bonds. The zero-order valence-corrected chi connectivity index (χ0v) is 10.4. The molecule has 1 aliphatic rings. The van der Waals surface area contributed by atoms with Crippen LogP contribution in [-0.2, 0) is 6.54 Å². The molecule has 7 heteroatoms. The topological polar surface area (TPSA) is 109 Å². The molecule has 1 atom stereocenters. The third-order valence-corrected chi connectivity index (χ3v) is 3.00. The smallest absolute Gasteiger partial charge is 0.354 e. The van der Waals surface area contributed by atoms with Crippen LogP contribution in [0.2, 0.25) is 0 Å². The van der Waals surface area contributed by atoms with Crippen molar-refractivity contribution in [2.75, 3.05) is 13.1 Å². The van der Waals surface area contributed by atoms with Gasteiger partial charge < -0.3 is 21.1 Å². The lowest BCUT2D eigenvalue weighted by Crippen LogP contribution is -2.39. The number of carboxylic acid groups (broad SMARTS) is 1. The van der Waals surface area contributed by atoms with Gasteiger partial charge in [0.15, 0.2) is 0 Å². The van der Waals surface area contributed by atoms with Crippen LogP contribution < -0.4 is 11.1 Å². The fraction of sp³-hybridized carbons (Fsp3) is 0.417.